The molecular formula is C15H15N3O3. The molecule has 21 heavy (non-hydrogen) atoms. The van der Waals surface area contributed by atoms with Gasteiger partial charge in [0.1, 0.15) is 0 Å². The van der Waals surface area contributed by atoms with Crippen LogP contribution in [0.15, 0.2) is 48.7 Å². The summed E-state index contributed by atoms with van der Waals surface area (Å²) < 4.78 is 0. The van der Waals surface area contributed by atoms with Crippen LogP contribution in [0, 0.1) is 0 Å². The number of pyridine rings is 1. The van der Waals surface area contributed by atoms with Gasteiger partial charge in [0.2, 0.25) is 0 Å². The molecular weight excluding hydrogens is 270 g/mol. The SMILES string of the molecule is CN(Cc1ccccn1)C(=O)Nc1cccc(C(=O)O)c1. The number of aromatic carboxylic acids is 1. The van der Waals surface area contributed by atoms with Crippen molar-refractivity contribution in [2.75, 3.05) is 12.4 Å². The second kappa shape index (κ2) is 6.51. The summed E-state index contributed by atoms with van der Waals surface area (Å²) in [5.41, 5.74) is 1.34. The van der Waals surface area contributed by atoms with Crippen molar-refractivity contribution in [2.24, 2.45) is 0 Å². The number of benzene rings is 1. The predicted octanol–water partition coefficient (Wildman–Crippen LogP) is 2.44. The van der Waals surface area contributed by atoms with E-state index in [-0.39, 0.29) is 11.6 Å². The van der Waals surface area contributed by atoms with Crippen molar-refractivity contribution in [3.8, 4) is 0 Å². The van der Waals surface area contributed by atoms with Crippen molar-refractivity contribution in [3.63, 3.8) is 0 Å². The van der Waals surface area contributed by atoms with E-state index in [9.17, 15) is 9.59 Å². The Labute approximate surface area is 122 Å². The molecule has 6 nitrogen and oxygen atoms in total. The monoisotopic (exact) mass is 285 g/mol. The van der Waals surface area contributed by atoms with E-state index in [1.54, 1.807) is 31.4 Å². The van der Waals surface area contributed by atoms with Crippen LogP contribution in [0.5, 0.6) is 0 Å². The summed E-state index contributed by atoms with van der Waals surface area (Å²) in [7, 11) is 1.64. The summed E-state index contributed by atoms with van der Waals surface area (Å²) >= 11 is 0. The molecule has 2 amide bonds. The quantitative estimate of drug-likeness (QED) is 0.904. The first-order valence-electron chi connectivity index (χ1n) is 6.31. The Hall–Kier alpha value is -2.89. The Morgan fingerprint density at radius 3 is 2.71 bits per heavy atom. The third kappa shape index (κ3) is 4.04. The fourth-order valence-electron chi connectivity index (χ4n) is 1.76. The number of urea groups is 1. The molecule has 0 aliphatic rings. The van der Waals surface area contributed by atoms with Crippen molar-refractivity contribution in [1.82, 2.24) is 9.88 Å². The molecule has 0 unspecified atom stereocenters. The number of carbonyl (C=O) groups excluding carboxylic acids is 1. The van der Waals surface area contributed by atoms with Gasteiger partial charge in [0.15, 0.2) is 0 Å². The first-order valence-corrected chi connectivity index (χ1v) is 6.31. The van der Waals surface area contributed by atoms with E-state index in [1.165, 1.54) is 17.0 Å². The van der Waals surface area contributed by atoms with Gasteiger partial charge in [-0.05, 0) is 30.3 Å². The molecule has 0 saturated carbocycles. The molecule has 0 saturated heterocycles. The van der Waals surface area contributed by atoms with Gasteiger partial charge in [-0.2, -0.15) is 0 Å². The molecule has 2 rings (SSSR count). The maximum absolute atomic E-state index is 12.0. The third-order valence-electron chi connectivity index (χ3n) is 2.83. The van der Waals surface area contributed by atoms with Crippen LogP contribution in [-0.2, 0) is 6.54 Å². The molecule has 6 heteroatoms. The Balaban J connectivity index is 2.00. The van der Waals surface area contributed by atoms with Crippen LogP contribution in [0.4, 0.5) is 10.5 Å². The number of anilines is 1. The number of amides is 2. The Morgan fingerprint density at radius 1 is 1.24 bits per heavy atom. The first kappa shape index (κ1) is 14.5. The first-order chi connectivity index (χ1) is 10.1. The molecule has 0 radical (unpaired) electrons. The zero-order valence-corrected chi connectivity index (χ0v) is 11.5. The van der Waals surface area contributed by atoms with E-state index >= 15 is 0 Å². The number of carboxylic acids is 1. The molecule has 1 aromatic heterocycles. The molecule has 0 fully saturated rings. The number of carbonyl (C=O) groups is 2. The lowest BCUT2D eigenvalue weighted by Crippen LogP contribution is -2.31. The van der Waals surface area contributed by atoms with Crippen LogP contribution in [-0.4, -0.2) is 34.0 Å². The molecule has 0 atom stereocenters. The molecule has 0 aliphatic carbocycles. The van der Waals surface area contributed by atoms with Crippen LogP contribution in [0.25, 0.3) is 0 Å². The fourth-order valence-corrected chi connectivity index (χ4v) is 1.76. The highest BCUT2D eigenvalue weighted by atomic mass is 16.4. The van der Waals surface area contributed by atoms with E-state index in [2.05, 4.69) is 10.3 Å². The molecule has 108 valence electrons. The zero-order chi connectivity index (χ0) is 15.2. The molecule has 2 aromatic rings. The highest BCUT2D eigenvalue weighted by Crippen LogP contribution is 2.11. The lowest BCUT2D eigenvalue weighted by molar-refractivity contribution is 0.0697. The minimum Gasteiger partial charge on any atom is -0.478 e. The van der Waals surface area contributed by atoms with Crippen LogP contribution < -0.4 is 5.32 Å². The van der Waals surface area contributed by atoms with Gasteiger partial charge < -0.3 is 15.3 Å². The fraction of sp³-hybridized carbons (Fsp3) is 0.133. The van der Waals surface area contributed by atoms with Gasteiger partial charge in [0.05, 0.1) is 17.8 Å². The van der Waals surface area contributed by atoms with Gasteiger partial charge >= 0.3 is 12.0 Å². The largest absolute Gasteiger partial charge is 0.478 e. The normalized spacial score (nSPS) is 9.95. The Kier molecular flexibility index (Phi) is 4.50. The van der Waals surface area contributed by atoms with Crippen LogP contribution >= 0.6 is 0 Å². The van der Waals surface area contributed by atoms with E-state index in [0.717, 1.165) is 5.69 Å². The molecule has 0 aliphatic heterocycles. The second-order valence-electron chi connectivity index (χ2n) is 4.49. The standard InChI is InChI=1S/C15H15N3O3/c1-18(10-13-6-2-3-8-16-13)15(21)17-12-7-4-5-11(9-12)14(19)20/h2-9H,10H2,1H3,(H,17,21)(H,19,20). The number of hydrogen-bond donors (Lipinski definition) is 2. The van der Waals surface area contributed by atoms with Crippen molar-refractivity contribution in [1.29, 1.82) is 0 Å². The van der Waals surface area contributed by atoms with Gasteiger partial charge in [-0.15, -0.1) is 0 Å². The average Bonchev–Trinajstić information content (AvgIpc) is 2.48. The number of nitrogens with one attached hydrogen (secondary N) is 1. The van der Waals surface area contributed by atoms with E-state index < -0.39 is 5.97 Å². The van der Waals surface area contributed by atoms with Gasteiger partial charge in [-0.1, -0.05) is 12.1 Å². The smallest absolute Gasteiger partial charge is 0.335 e. The van der Waals surface area contributed by atoms with Gasteiger partial charge in [-0.3, -0.25) is 4.98 Å². The van der Waals surface area contributed by atoms with Gasteiger partial charge in [-0.25, -0.2) is 9.59 Å². The summed E-state index contributed by atoms with van der Waals surface area (Å²) in [5, 5.41) is 11.6. The lowest BCUT2D eigenvalue weighted by Gasteiger charge is -2.17. The Morgan fingerprint density at radius 2 is 2.05 bits per heavy atom. The maximum Gasteiger partial charge on any atom is 0.335 e. The predicted molar refractivity (Wildman–Crippen MR) is 78.1 cm³/mol. The molecule has 1 heterocycles. The highest BCUT2D eigenvalue weighted by molar-refractivity contribution is 5.93. The number of aromatic nitrogens is 1. The van der Waals surface area contributed by atoms with Crippen LogP contribution in [0.2, 0.25) is 0 Å². The summed E-state index contributed by atoms with van der Waals surface area (Å²) in [6.45, 7) is 0.366. The maximum atomic E-state index is 12.0. The second-order valence-corrected chi connectivity index (χ2v) is 4.49. The number of hydrogen-bond acceptors (Lipinski definition) is 3. The minimum absolute atomic E-state index is 0.125. The summed E-state index contributed by atoms with van der Waals surface area (Å²) in [6, 6.07) is 11.3. The zero-order valence-electron chi connectivity index (χ0n) is 11.5. The number of rotatable bonds is 4. The molecule has 2 N–H and O–H groups in total. The van der Waals surface area contributed by atoms with Crippen LogP contribution in [0.1, 0.15) is 16.1 Å². The van der Waals surface area contributed by atoms with Crippen molar-refractivity contribution >= 4 is 17.7 Å². The van der Waals surface area contributed by atoms with Crippen molar-refractivity contribution < 1.29 is 14.7 Å². The molecule has 0 spiro atoms. The van der Waals surface area contributed by atoms with Crippen LogP contribution in [0.3, 0.4) is 0 Å². The van der Waals surface area contributed by atoms with E-state index in [0.29, 0.717) is 12.2 Å². The topological polar surface area (TPSA) is 82.5 Å². The summed E-state index contributed by atoms with van der Waals surface area (Å²) in [5.74, 6) is -1.03. The number of carboxylic acid groups (broad SMARTS) is 1. The van der Waals surface area contributed by atoms with Gasteiger partial charge in [0.25, 0.3) is 0 Å². The van der Waals surface area contributed by atoms with Gasteiger partial charge in [0, 0.05) is 18.9 Å². The van der Waals surface area contributed by atoms with E-state index in [1.807, 2.05) is 12.1 Å². The van der Waals surface area contributed by atoms with Crippen molar-refractivity contribution in [3.05, 3.63) is 59.9 Å². The minimum atomic E-state index is -1.03. The Bertz CT molecular complexity index is 644. The molecule has 1 aromatic carbocycles. The third-order valence-corrected chi connectivity index (χ3v) is 2.83. The lowest BCUT2D eigenvalue weighted by atomic mass is 10.2. The van der Waals surface area contributed by atoms with Crippen molar-refractivity contribution in [2.45, 2.75) is 6.54 Å². The average molecular weight is 285 g/mol. The summed E-state index contributed by atoms with van der Waals surface area (Å²) in [4.78, 5) is 28.5. The summed E-state index contributed by atoms with van der Waals surface area (Å²) in [6.07, 6.45) is 1.66. The number of nitrogens with zero attached hydrogens (tertiary/aromatic N) is 2. The highest BCUT2D eigenvalue weighted by Gasteiger charge is 2.11. The molecule has 0 bridgehead atoms. The van der Waals surface area contributed by atoms with E-state index in [4.69, 9.17) is 5.11 Å².